The Morgan fingerprint density at radius 2 is 1.77 bits per heavy atom. The minimum absolute atomic E-state index is 0.110. The minimum atomic E-state index is -0.389. The molecule has 26 heavy (non-hydrogen) atoms. The SMILES string of the molecule is COC(=O)C(C)CN(CCc1ccc(OC)c(OC)c1)C(=O)C=C(C)C. The van der Waals surface area contributed by atoms with Gasteiger partial charge in [-0.15, -0.1) is 0 Å². The van der Waals surface area contributed by atoms with Crippen molar-refractivity contribution in [1.29, 1.82) is 0 Å². The first-order chi connectivity index (χ1) is 12.3. The van der Waals surface area contributed by atoms with Crippen LogP contribution < -0.4 is 9.47 Å². The van der Waals surface area contributed by atoms with Crippen LogP contribution in [0.3, 0.4) is 0 Å². The first kappa shape index (κ1) is 21.5. The number of nitrogens with zero attached hydrogens (tertiary/aromatic N) is 1. The van der Waals surface area contributed by atoms with E-state index in [1.54, 1.807) is 32.1 Å². The molecule has 1 aromatic carbocycles. The number of allylic oxidation sites excluding steroid dienone is 1. The highest BCUT2D eigenvalue weighted by atomic mass is 16.5. The van der Waals surface area contributed by atoms with Crippen molar-refractivity contribution in [2.24, 2.45) is 5.92 Å². The number of hydrogen-bond acceptors (Lipinski definition) is 5. The van der Waals surface area contributed by atoms with Crippen molar-refractivity contribution >= 4 is 11.9 Å². The predicted molar refractivity (Wildman–Crippen MR) is 100 cm³/mol. The monoisotopic (exact) mass is 363 g/mol. The molecule has 6 heteroatoms. The highest BCUT2D eigenvalue weighted by molar-refractivity contribution is 5.88. The second-order valence-corrected chi connectivity index (χ2v) is 6.37. The van der Waals surface area contributed by atoms with Crippen LogP contribution in [0.1, 0.15) is 26.3 Å². The van der Waals surface area contributed by atoms with E-state index in [4.69, 9.17) is 14.2 Å². The molecule has 6 nitrogen and oxygen atoms in total. The topological polar surface area (TPSA) is 65.1 Å². The van der Waals surface area contributed by atoms with Crippen LogP contribution in [0.4, 0.5) is 0 Å². The standard InChI is InChI=1S/C20H29NO5/c1-14(2)11-19(22)21(13-15(3)20(23)26-6)10-9-16-7-8-17(24-4)18(12-16)25-5/h7-8,11-12,15H,9-10,13H2,1-6H3. The van der Waals surface area contributed by atoms with Crippen LogP contribution in [0.5, 0.6) is 11.5 Å². The van der Waals surface area contributed by atoms with Gasteiger partial charge in [0, 0.05) is 19.2 Å². The third-order valence-electron chi connectivity index (χ3n) is 3.94. The third kappa shape index (κ3) is 6.43. The maximum Gasteiger partial charge on any atom is 0.310 e. The van der Waals surface area contributed by atoms with Gasteiger partial charge in [0.05, 0.1) is 27.2 Å². The Kier molecular flexibility index (Phi) is 8.68. The predicted octanol–water partition coefficient (Wildman–Crippen LogP) is 2.85. The van der Waals surface area contributed by atoms with Gasteiger partial charge in [0.2, 0.25) is 5.91 Å². The number of benzene rings is 1. The lowest BCUT2D eigenvalue weighted by Crippen LogP contribution is -2.37. The molecule has 0 saturated heterocycles. The number of methoxy groups -OCH3 is 3. The number of amides is 1. The molecule has 0 aliphatic rings. The molecule has 0 radical (unpaired) electrons. The molecule has 0 heterocycles. The van der Waals surface area contributed by atoms with Gasteiger partial charge in [-0.1, -0.05) is 18.6 Å². The van der Waals surface area contributed by atoms with E-state index in [-0.39, 0.29) is 17.8 Å². The fourth-order valence-corrected chi connectivity index (χ4v) is 2.54. The molecule has 1 unspecified atom stereocenters. The molecule has 1 amide bonds. The van der Waals surface area contributed by atoms with Gasteiger partial charge < -0.3 is 19.1 Å². The fourth-order valence-electron chi connectivity index (χ4n) is 2.54. The molecule has 0 bridgehead atoms. The zero-order valence-electron chi connectivity index (χ0n) is 16.5. The Balaban J connectivity index is 2.90. The van der Waals surface area contributed by atoms with Gasteiger partial charge >= 0.3 is 5.97 Å². The summed E-state index contributed by atoms with van der Waals surface area (Å²) in [5.74, 6) is 0.482. The molecule has 1 rings (SSSR count). The summed E-state index contributed by atoms with van der Waals surface area (Å²) < 4.78 is 15.3. The molecule has 0 saturated carbocycles. The van der Waals surface area contributed by atoms with E-state index in [9.17, 15) is 9.59 Å². The second-order valence-electron chi connectivity index (χ2n) is 6.37. The Labute approximate surface area is 155 Å². The minimum Gasteiger partial charge on any atom is -0.493 e. The largest absolute Gasteiger partial charge is 0.493 e. The maximum absolute atomic E-state index is 12.5. The van der Waals surface area contributed by atoms with Gasteiger partial charge in [-0.3, -0.25) is 9.59 Å². The van der Waals surface area contributed by atoms with E-state index in [2.05, 4.69) is 0 Å². The Morgan fingerprint density at radius 3 is 2.31 bits per heavy atom. The lowest BCUT2D eigenvalue weighted by Gasteiger charge is -2.24. The zero-order chi connectivity index (χ0) is 19.7. The lowest BCUT2D eigenvalue weighted by molar-refractivity contribution is -0.146. The number of rotatable bonds is 9. The van der Waals surface area contributed by atoms with Gasteiger partial charge in [-0.2, -0.15) is 0 Å². The Bertz CT molecular complexity index is 650. The lowest BCUT2D eigenvalue weighted by atomic mass is 10.1. The molecular weight excluding hydrogens is 334 g/mol. The van der Waals surface area contributed by atoms with Gasteiger partial charge in [0.15, 0.2) is 11.5 Å². The molecule has 0 aliphatic heterocycles. The number of carbonyl (C=O) groups is 2. The number of esters is 1. The summed E-state index contributed by atoms with van der Waals surface area (Å²) in [5, 5.41) is 0. The summed E-state index contributed by atoms with van der Waals surface area (Å²) in [4.78, 5) is 25.9. The normalized spacial score (nSPS) is 11.3. The first-order valence-electron chi connectivity index (χ1n) is 8.54. The summed E-state index contributed by atoms with van der Waals surface area (Å²) in [6.45, 7) is 6.29. The number of hydrogen-bond donors (Lipinski definition) is 0. The molecular formula is C20H29NO5. The Hall–Kier alpha value is -2.50. The summed E-state index contributed by atoms with van der Waals surface area (Å²) >= 11 is 0. The van der Waals surface area contributed by atoms with Gasteiger partial charge in [0.25, 0.3) is 0 Å². The van der Waals surface area contributed by atoms with Crippen LogP contribution in [0, 0.1) is 5.92 Å². The van der Waals surface area contributed by atoms with Crippen molar-refractivity contribution < 1.29 is 23.8 Å². The van der Waals surface area contributed by atoms with Crippen molar-refractivity contribution in [1.82, 2.24) is 4.90 Å². The van der Waals surface area contributed by atoms with E-state index in [0.717, 1.165) is 11.1 Å². The molecule has 144 valence electrons. The van der Waals surface area contributed by atoms with Gasteiger partial charge in [-0.05, 0) is 38.0 Å². The van der Waals surface area contributed by atoms with Crippen molar-refractivity contribution in [2.75, 3.05) is 34.4 Å². The number of carbonyl (C=O) groups excluding carboxylic acids is 2. The van der Waals surface area contributed by atoms with Gasteiger partial charge in [0.1, 0.15) is 0 Å². The summed E-state index contributed by atoms with van der Waals surface area (Å²) in [7, 11) is 4.53. The molecule has 0 aromatic heterocycles. The number of ether oxygens (including phenoxy) is 3. The van der Waals surface area contributed by atoms with Crippen LogP contribution in [-0.2, 0) is 20.7 Å². The fraction of sp³-hybridized carbons (Fsp3) is 0.500. The van der Waals surface area contributed by atoms with Crippen LogP contribution in [0.2, 0.25) is 0 Å². The van der Waals surface area contributed by atoms with Crippen LogP contribution in [0.15, 0.2) is 29.8 Å². The second kappa shape index (κ2) is 10.5. The molecule has 0 fully saturated rings. The molecule has 0 spiro atoms. The van der Waals surface area contributed by atoms with Crippen molar-refractivity contribution in [3.8, 4) is 11.5 Å². The van der Waals surface area contributed by atoms with E-state index >= 15 is 0 Å². The smallest absolute Gasteiger partial charge is 0.310 e. The quantitative estimate of drug-likeness (QED) is 0.499. The zero-order valence-corrected chi connectivity index (χ0v) is 16.5. The molecule has 1 atom stereocenters. The van der Waals surface area contributed by atoms with E-state index in [0.29, 0.717) is 31.0 Å². The van der Waals surface area contributed by atoms with E-state index in [1.807, 2.05) is 32.0 Å². The molecule has 1 aromatic rings. The average molecular weight is 363 g/mol. The van der Waals surface area contributed by atoms with E-state index < -0.39 is 0 Å². The molecule has 0 N–H and O–H groups in total. The third-order valence-corrected chi connectivity index (χ3v) is 3.94. The first-order valence-corrected chi connectivity index (χ1v) is 8.54. The summed E-state index contributed by atoms with van der Waals surface area (Å²) in [5.41, 5.74) is 1.93. The van der Waals surface area contributed by atoms with Crippen LogP contribution in [0.25, 0.3) is 0 Å². The highest BCUT2D eigenvalue weighted by Crippen LogP contribution is 2.27. The Morgan fingerprint density at radius 1 is 1.12 bits per heavy atom. The van der Waals surface area contributed by atoms with Gasteiger partial charge in [-0.25, -0.2) is 0 Å². The van der Waals surface area contributed by atoms with Crippen molar-refractivity contribution in [2.45, 2.75) is 27.2 Å². The van der Waals surface area contributed by atoms with Crippen LogP contribution >= 0.6 is 0 Å². The van der Waals surface area contributed by atoms with Crippen molar-refractivity contribution in [3.05, 3.63) is 35.4 Å². The van der Waals surface area contributed by atoms with E-state index in [1.165, 1.54) is 7.11 Å². The summed E-state index contributed by atoms with van der Waals surface area (Å²) in [6, 6.07) is 5.67. The molecule has 0 aliphatic carbocycles. The van der Waals surface area contributed by atoms with Crippen LogP contribution in [-0.4, -0.2) is 51.2 Å². The average Bonchev–Trinajstić information content (AvgIpc) is 2.62. The van der Waals surface area contributed by atoms with Crippen molar-refractivity contribution in [3.63, 3.8) is 0 Å². The maximum atomic E-state index is 12.5. The highest BCUT2D eigenvalue weighted by Gasteiger charge is 2.20. The summed E-state index contributed by atoms with van der Waals surface area (Å²) in [6.07, 6.45) is 2.22.